The van der Waals surface area contributed by atoms with Gasteiger partial charge in [-0.1, -0.05) is 11.3 Å². The van der Waals surface area contributed by atoms with Crippen LogP contribution in [0.3, 0.4) is 0 Å². The summed E-state index contributed by atoms with van der Waals surface area (Å²) in [5, 5.41) is 8.54. The highest BCUT2D eigenvalue weighted by Crippen LogP contribution is 2.28. The summed E-state index contributed by atoms with van der Waals surface area (Å²) in [6, 6.07) is 1.88. The lowest BCUT2D eigenvalue weighted by atomic mass is 10.4. The molecule has 2 aromatic rings. The predicted molar refractivity (Wildman–Crippen MR) is 63.1 cm³/mol. The number of anilines is 1. The van der Waals surface area contributed by atoms with Gasteiger partial charge in [-0.2, -0.15) is 0 Å². The Kier molecular flexibility index (Phi) is 3.40. The van der Waals surface area contributed by atoms with Crippen LogP contribution < -0.4 is 5.73 Å². The molecule has 0 aliphatic heterocycles. The average Bonchev–Trinajstić information content (AvgIpc) is 2.63. The molecular weight excluding hydrogens is 252 g/mol. The SMILES string of the molecule is Nc1cnccc1SCc1nnc(Cl)s1. The van der Waals surface area contributed by atoms with E-state index in [1.54, 1.807) is 24.2 Å². The van der Waals surface area contributed by atoms with Crippen LogP contribution in [0.1, 0.15) is 5.01 Å². The summed E-state index contributed by atoms with van der Waals surface area (Å²) in [5.74, 6) is 0.721. The molecule has 2 aromatic heterocycles. The summed E-state index contributed by atoms with van der Waals surface area (Å²) < 4.78 is 0.466. The first-order valence-electron chi connectivity index (χ1n) is 4.06. The average molecular weight is 259 g/mol. The van der Waals surface area contributed by atoms with Gasteiger partial charge in [0.25, 0.3) is 0 Å². The Labute approximate surface area is 99.9 Å². The van der Waals surface area contributed by atoms with Crippen LogP contribution >= 0.6 is 34.7 Å². The van der Waals surface area contributed by atoms with Crippen LogP contribution in [-0.2, 0) is 5.75 Å². The van der Waals surface area contributed by atoms with E-state index in [1.165, 1.54) is 11.3 Å². The van der Waals surface area contributed by atoms with Crippen LogP contribution in [0, 0.1) is 0 Å². The molecule has 0 spiro atoms. The fraction of sp³-hybridized carbons (Fsp3) is 0.125. The van der Waals surface area contributed by atoms with E-state index in [1.807, 2.05) is 6.07 Å². The van der Waals surface area contributed by atoms with Crippen molar-refractivity contribution < 1.29 is 0 Å². The first-order chi connectivity index (χ1) is 7.25. The van der Waals surface area contributed by atoms with Gasteiger partial charge in [0, 0.05) is 11.1 Å². The zero-order valence-corrected chi connectivity index (χ0v) is 9.94. The van der Waals surface area contributed by atoms with Gasteiger partial charge in [-0.3, -0.25) is 4.98 Å². The van der Waals surface area contributed by atoms with Crippen molar-refractivity contribution in [1.82, 2.24) is 15.2 Å². The van der Waals surface area contributed by atoms with Gasteiger partial charge in [0.1, 0.15) is 5.01 Å². The van der Waals surface area contributed by atoms with Crippen LogP contribution in [0.15, 0.2) is 23.4 Å². The molecule has 7 heteroatoms. The van der Waals surface area contributed by atoms with Crippen molar-refractivity contribution in [1.29, 1.82) is 0 Å². The number of hydrogen-bond acceptors (Lipinski definition) is 6. The predicted octanol–water partition coefficient (Wildman–Crippen LogP) is 2.46. The van der Waals surface area contributed by atoms with Gasteiger partial charge in [0.05, 0.1) is 17.6 Å². The van der Waals surface area contributed by atoms with E-state index in [9.17, 15) is 0 Å². The third-order valence-electron chi connectivity index (χ3n) is 1.60. The van der Waals surface area contributed by atoms with Gasteiger partial charge in [-0.05, 0) is 17.7 Å². The van der Waals surface area contributed by atoms with E-state index in [0.29, 0.717) is 10.2 Å². The van der Waals surface area contributed by atoms with Crippen molar-refractivity contribution in [2.24, 2.45) is 0 Å². The molecule has 15 heavy (non-hydrogen) atoms. The number of rotatable bonds is 3. The molecule has 0 saturated heterocycles. The fourth-order valence-corrected chi connectivity index (χ4v) is 2.74. The van der Waals surface area contributed by atoms with Crippen molar-refractivity contribution in [2.45, 2.75) is 10.6 Å². The lowest BCUT2D eigenvalue weighted by Crippen LogP contribution is -1.89. The van der Waals surface area contributed by atoms with Gasteiger partial charge >= 0.3 is 0 Å². The molecule has 0 aromatic carbocycles. The maximum atomic E-state index is 5.75. The molecule has 4 nitrogen and oxygen atoms in total. The van der Waals surface area contributed by atoms with Gasteiger partial charge in [-0.15, -0.1) is 22.0 Å². The van der Waals surface area contributed by atoms with Crippen molar-refractivity contribution >= 4 is 40.4 Å². The second-order valence-corrected chi connectivity index (χ2v) is 5.31. The number of halogens is 1. The minimum atomic E-state index is 0.466. The van der Waals surface area contributed by atoms with Crippen molar-refractivity contribution in [3.63, 3.8) is 0 Å². The molecule has 0 unspecified atom stereocenters. The minimum Gasteiger partial charge on any atom is -0.397 e. The molecule has 0 aliphatic rings. The van der Waals surface area contributed by atoms with Crippen LogP contribution in [0.25, 0.3) is 0 Å². The molecule has 2 heterocycles. The van der Waals surface area contributed by atoms with Gasteiger partial charge < -0.3 is 5.73 Å². The maximum Gasteiger partial charge on any atom is 0.207 e. The second kappa shape index (κ2) is 4.78. The topological polar surface area (TPSA) is 64.7 Å². The van der Waals surface area contributed by atoms with Crippen LogP contribution in [0.4, 0.5) is 5.69 Å². The molecule has 0 aliphatic carbocycles. The van der Waals surface area contributed by atoms with Gasteiger partial charge in [-0.25, -0.2) is 0 Å². The van der Waals surface area contributed by atoms with Gasteiger partial charge in [0.2, 0.25) is 4.47 Å². The van der Waals surface area contributed by atoms with E-state index < -0.39 is 0 Å². The molecule has 0 bridgehead atoms. The van der Waals surface area contributed by atoms with E-state index in [-0.39, 0.29) is 0 Å². The monoisotopic (exact) mass is 258 g/mol. The van der Waals surface area contributed by atoms with Crippen LogP contribution in [-0.4, -0.2) is 15.2 Å². The van der Waals surface area contributed by atoms with Crippen molar-refractivity contribution in [2.75, 3.05) is 5.73 Å². The molecule has 2 rings (SSSR count). The molecule has 0 atom stereocenters. The zero-order chi connectivity index (χ0) is 10.7. The number of nitrogens with zero attached hydrogens (tertiary/aromatic N) is 3. The Morgan fingerprint density at radius 2 is 2.33 bits per heavy atom. The van der Waals surface area contributed by atoms with Gasteiger partial charge in [0.15, 0.2) is 0 Å². The third-order valence-corrected chi connectivity index (χ3v) is 3.91. The number of thioether (sulfide) groups is 1. The molecule has 0 fully saturated rings. The molecule has 0 radical (unpaired) electrons. The lowest BCUT2D eigenvalue weighted by molar-refractivity contribution is 1.04. The van der Waals surface area contributed by atoms with E-state index in [0.717, 1.165) is 15.7 Å². The highest BCUT2D eigenvalue weighted by atomic mass is 35.5. The third kappa shape index (κ3) is 2.80. The Morgan fingerprint density at radius 1 is 1.47 bits per heavy atom. The lowest BCUT2D eigenvalue weighted by Gasteiger charge is -2.01. The van der Waals surface area contributed by atoms with Crippen molar-refractivity contribution in [3.05, 3.63) is 27.9 Å². The second-order valence-electron chi connectivity index (χ2n) is 2.65. The van der Waals surface area contributed by atoms with E-state index in [4.69, 9.17) is 17.3 Å². The molecule has 2 N–H and O–H groups in total. The number of nitrogen functional groups attached to an aromatic ring is 1. The van der Waals surface area contributed by atoms with Crippen molar-refractivity contribution in [3.8, 4) is 0 Å². The molecule has 0 amide bonds. The van der Waals surface area contributed by atoms with Crippen LogP contribution in [0.5, 0.6) is 0 Å². The fourth-order valence-electron chi connectivity index (χ4n) is 0.956. The normalized spacial score (nSPS) is 10.5. The Balaban J connectivity index is 2.02. The summed E-state index contributed by atoms with van der Waals surface area (Å²) >= 11 is 8.65. The largest absolute Gasteiger partial charge is 0.397 e. The Morgan fingerprint density at radius 3 is 3.00 bits per heavy atom. The van der Waals surface area contributed by atoms with E-state index in [2.05, 4.69) is 15.2 Å². The zero-order valence-electron chi connectivity index (χ0n) is 7.55. The van der Waals surface area contributed by atoms with E-state index >= 15 is 0 Å². The number of hydrogen-bond donors (Lipinski definition) is 1. The summed E-state index contributed by atoms with van der Waals surface area (Å²) in [6.45, 7) is 0. The minimum absolute atomic E-state index is 0.466. The highest BCUT2D eigenvalue weighted by molar-refractivity contribution is 7.98. The Hall–Kier alpha value is -0.850. The standard InChI is InChI=1S/C8H7ClN4S2/c9-8-13-12-7(15-8)4-14-6-1-2-11-3-5(6)10/h1-3H,4,10H2. The number of pyridine rings is 1. The molecular formula is C8H7ClN4S2. The quantitative estimate of drug-likeness (QED) is 0.857. The molecule has 0 saturated carbocycles. The van der Waals surface area contributed by atoms with Crippen LogP contribution in [0.2, 0.25) is 4.47 Å². The highest BCUT2D eigenvalue weighted by Gasteiger charge is 2.04. The smallest absolute Gasteiger partial charge is 0.207 e. The summed E-state index contributed by atoms with van der Waals surface area (Å²) in [5.41, 5.74) is 6.43. The maximum absolute atomic E-state index is 5.75. The molecule has 78 valence electrons. The summed E-state index contributed by atoms with van der Waals surface area (Å²) in [4.78, 5) is 4.92. The number of aromatic nitrogens is 3. The Bertz CT molecular complexity index is 459. The first kappa shape index (κ1) is 10.7. The summed E-state index contributed by atoms with van der Waals surface area (Å²) in [7, 11) is 0. The first-order valence-corrected chi connectivity index (χ1v) is 6.24. The number of nitrogens with two attached hydrogens (primary N) is 1. The summed E-state index contributed by atoms with van der Waals surface area (Å²) in [6.07, 6.45) is 3.35.